The third-order valence-corrected chi connectivity index (χ3v) is 3.79. The molecule has 1 atom stereocenters. The van der Waals surface area contributed by atoms with Gasteiger partial charge in [-0.25, -0.2) is 13.6 Å². The molecule has 0 spiro atoms. The summed E-state index contributed by atoms with van der Waals surface area (Å²) >= 11 is 0. The van der Waals surface area contributed by atoms with Gasteiger partial charge in [0.25, 0.3) is 5.91 Å². The number of carbonyl (C=O) groups is 1. The maximum Gasteiger partial charge on any atom is 0.251 e. The Bertz CT molecular complexity index is 569. The first kappa shape index (κ1) is 14.8. The molecule has 1 aromatic rings. The molecule has 0 aliphatic carbocycles. The Hall–Kier alpha value is -1.25. The van der Waals surface area contributed by atoms with E-state index in [2.05, 4.69) is 5.32 Å². The quantitative estimate of drug-likeness (QED) is 0.758. The van der Waals surface area contributed by atoms with Crippen molar-refractivity contribution in [3.8, 4) is 0 Å². The maximum atomic E-state index is 11.7. The molecule has 8 heteroatoms. The number of primary sulfonamides is 1. The average molecular weight is 290 g/mol. The highest BCUT2D eigenvalue weighted by atomic mass is 32.2. The van der Waals surface area contributed by atoms with Gasteiger partial charge >= 0.3 is 0 Å². The first-order valence-electron chi connectivity index (χ1n) is 5.02. The van der Waals surface area contributed by atoms with E-state index in [-0.39, 0.29) is 17.0 Å². The minimum atomic E-state index is -3.82. The molecule has 0 fully saturated rings. The van der Waals surface area contributed by atoms with Crippen LogP contribution in [0.3, 0.4) is 0 Å². The van der Waals surface area contributed by atoms with Gasteiger partial charge < -0.3 is 5.32 Å². The van der Waals surface area contributed by atoms with Crippen molar-refractivity contribution in [2.75, 3.05) is 18.6 Å². The van der Waals surface area contributed by atoms with Gasteiger partial charge in [0.1, 0.15) is 0 Å². The molecule has 0 aliphatic heterocycles. The Balaban J connectivity index is 2.78. The number of rotatable bonds is 5. The van der Waals surface area contributed by atoms with Gasteiger partial charge in [0.15, 0.2) is 0 Å². The van der Waals surface area contributed by atoms with Gasteiger partial charge in [-0.15, -0.1) is 0 Å². The highest BCUT2D eigenvalue weighted by Gasteiger charge is 2.11. The van der Waals surface area contributed by atoms with E-state index in [1.165, 1.54) is 30.5 Å². The Labute approximate surface area is 108 Å². The average Bonchev–Trinajstić information content (AvgIpc) is 2.27. The second-order valence-corrected chi connectivity index (χ2v) is 6.72. The second kappa shape index (κ2) is 6.07. The van der Waals surface area contributed by atoms with Gasteiger partial charge in [-0.1, -0.05) is 6.07 Å². The molecule has 0 bridgehead atoms. The molecule has 0 radical (unpaired) electrons. The Morgan fingerprint density at radius 1 is 1.44 bits per heavy atom. The zero-order chi connectivity index (χ0) is 13.8. The largest absolute Gasteiger partial charge is 0.351 e. The summed E-state index contributed by atoms with van der Waals surface area (Å²) in [7, 11) is -4.81. The van der Waals surface area contributed by atoms with Gasteiger partial charge in [0, 0.05) is 34.9 Å². The van der Waals surface area contributed by atoms with E-state index in [1.54, 1.807) is 0 Å². The van der Waals surface area contributed by atoms with Crippen LogP contribution >= 0.6 is 0 Å². The van der Waals surface area contributed by atoms with Crippen molar-refractivity contribution in [2.24, 2.45) is 5.14 Å². The molecule has 0 saturated heterocycles. The lowest BCUT2D eigenvalue weighted by Crippen LogP contribution is -2.27. The van der Waals surface area contributed by atoms with Crippen LogP contribution in [0.5, 0.6) is 0 Å². The number of nitrogens with one attached hydrogen (secondary N) is 1. The third kappa shape index (κ3) is 4.55. The number of sulfonamides is 1. The first-order chi connectivity index (χ1) is 8.30. The molecule has 0 heterocycles. The smallest absolute Gasteiger partial charge is 0.251 e. The van der Waals surface area contributed by atoms with Crippen molar-refractivity contribution < 1.29 is 17.4 Å². The fourth-order valence-corrected chi connectivity index (χ4v) is 2.17. The molecule has 1 aromatic carbocycles. The molecular formula is C10H14N2O4S2. The molecule has 0 saturated carbocycles. The standard InChI is InChI=1S/C10H14N2O4S2/c1-17(14)6-5-12-10(13)8-3-2-4-9(7-8)18(11,15)16/h2-4,7H,5-6H2,1H3,(H,12,13)(H2,11,15,16). The van der Waals surface area contributed by atoms with Crippen molar-refractivity contribution in [1.29, 1.82) is 0 Å². The predicted octanol–water partition coefficient (Wildman–Crippen LogP) is -0.558. The summed E-state index contributed by atoms with van der Waals surface area (Å²) in [6.07, 6.45) is 1.54. The Morgan fingerprint density at radius 3 is 2.67 bits per heavy atom. The van der Waals surface area contributed by atoms with Crippen molar-refractivity contribution in [3.63, 3.8) is 0 Å². The zero-order valence-corrected chi connectivity index (χ0v) is 11.4. The van der Waals surface area contributed by atoms with E-state index in [1.807, 2.05) is 0 Å². The van der Waals surface area contributed by atoms with Gasteiger partial charge in [-0.2, -0.15) is 0 Å². The second-order valence-electron chi connectivity index (χ2n) is 3.61. The lowest BCUT2D eigenvalue weighted by atomic mass is 10.2. The summed E-state index contributed by atoms with van der Waals surface area (Å²) < 4.78 is 33.0. The van der Waals surface area contributed by atoms with Crippen molar-refractivity contribution in [3.05, 3.63) is 29.8 Å². The number of amides is 1. The highest BCUT2D eigenvalue weighted by molar-refractivity contribution is 7.89. The molecular weight excluding hydrogens is 276 g/mol. The van der Waals surface area contributed by atoms with Crippen molar-refractivity contribution >= 4 is 26.7 Å². The minimum absolute atomic E-state index is 0.116. The highest BCUT2D eigenvalue weighted by Crippen LogP contribution is 2.09. The fraction of sp³-hybridized carbons (Fsp3) is 0.300. The van der Waals surface area contributed by atoms with Gasteiger partial charge in [-0.05, 0) is 18.2 Å². The van der Waals surface area contributed by atoms with E-state index in [0.29, 0.717) is 5.75 Å². The molecule has 18 heavy (non-hydrogen) atoms. The number of hydrogen-bond acceptors (Lipinski definition) is 4. The minimum Gasteiger partial charge on any atom is -0.351 e. The van der Waals surface area contributed by atoms with Gasteiger partial charge in [-0.3, -0.25) is 9.00 Å². The topological polar surface area (TPSA) is 106 Å². The first-order valence-corrected chi connectivity index (χ1v) is 8.29. The van der Waals surface area contributed by atoms with Gasteiger partial charge in [0.05, 0.1) is 4.90 Å². The Kier molecular flexibility index (Phi) is 5.00. The summed E-state index contributed by atoms with van der Waals surface area (Å²) in [4.78, 5) is 11.5. The molecule has 1 amide bonds. The van der Waals surface area contributed by atoms with Crippen LogP contribution in [0.2, 0.25) is 0 Å². The molecule has 6 nitrogen and oxygen atoms in total. The molecule has 3 N–H and O–H groups in total. The number of nitrogens with two attached hydrogens (primary N) is 1. The molecule has 0 aromatic heterocycles. The zero-order valence-electron chi connectivity index (χ0n) is 9.75. The monoisotopic (exact) mass is 290 g/mol. The van der Waals surface area contributed by atoms with E-state index in [0.717, 1.165) is 0 Å². The van der Waals surface area contributed by atoms with Crippen molar-refractivity contribution in [1.82, 2.24) is 5.32 Å². The number of hydrogen-bond donors (Lipinski definition) is 2. The van der Waals surface area contributed by atoms with Crippen LogP contribution < -0.4 is 10.5 Å². The summed E-state index contributed by atoms with van der Waals surface area (Å²) in [5.41, 5.74) is 0.198. The summed E-state index contributed by atoms with van der Waals surface area (Å²) in [5, 5.41) is 7.51. The number of benzene rings is 1. The maximum absolute atomic E-state index is 11.7. The summed E-state index contributed by atoms with van der Waals surface area (Å²) in [5.74, 6) is -0.0772. The molecule has 1 rings (SSSR count). The SMILES string of the molecule is CS(=O)CCNC(=O)c1cccc(S(N)(=O)=O)c1. The van der Waals surface area contributed by atoms with E-state index in [9.17, 15) is 17.4 Å². The fourth-order valence-electron chi connectivity index (χ4n) is 1.22. The van der Waals surface area contributed by atoms with Crippen LogP contribution in [0.1, 0.15) is 10.4 Å². The normalized spacial score (nSPS) is 13.0. The van der Waals surface area contributed by atoms with Crippen LogP contribution in [0.4, 0.5) is 0 Å². The van der Waals surface area contributed by atoms with Crippen LogP contribution in [0, 0.1) is 0 Å². The van der Waals surface area contributed by atoms with Gasteiger partial charge in [0.2, 0.25) is 10.0 Å². The van der Waals surface area contributed by atoms with E-state index < -0.39 is 26.7 Å². The molecule has 0 aliphatic rings. The number of carbonyl (C=O) groups excluding carboxylic acids is 1. The van der Waals surface area contributed by atoms with E-state index in [4.69, 9.17) is 5.14 Å². The third-order valence-electron chi connectivity index (χ3n) is 2.10. The van der Waals surface area contributed by atoms with Crippen molar-refractivity contribution in [2.45, 2.75) is 4.90 Å². The molecule has 1 unspecified atom stereocenters. The summed E-state index contributed by atoms with van der Waals surface area (Å²) in [6, 6.07) is 5.43. The Morgan fingerprint density at radius 2 is 2.11 bits per heavy atom. The lowest BCUT2D eigenvalue weighted by molar-refractivity contribution is 0.0956. The lowest BCUT2D eigenvalue weighted by Gasteiger charge is -2.05. The molecule has 100 valence electrons. The van der Waals surface area contributed by atoms with Crippen LogP contribution in [0.25, 0.3) is 0 Å². The predicted molar refractivity (Wildman–Crippen MR) is 69.1 cm³/mol. The summed E-state index contributed by atoms with van der Waals surface area (Å²) in [6.45, 7) is 0.265. The van der Waals surface area contributed by atoms with E-state index >= 15 is 0 Å². The van der Waals surface area contributed by atoms with Crippen LogP contribution in [-0.2, 0) is 20.8 Å². The van der Waals surface area contributed by atoms with Crippen LogP contribution in [-0.4, -0.2) is 37.1 Å². The van der Waals surface area contributed by atoms with Crippen LogP contribution in [0.15, 0.2) is 29.2 Å².